The lowest BCUT2D eigenvalue weighted by Crippen LogP contribution is -2.51. The van der Waals surface area contributed by atoms with Crippen LogP contribution in [0.25, 0.3) is 11.0 Å². The van der Waals surface area contributed by atoms with Crippen molar-refractivity contribution in [2.75, 3.05) is 20.3 Å². The number of nitrogens with one attached hydrogen (secondary N) is 1. The van der Waals surface area contributed by atoms with Gasteiger partial charge >= 0.3 is 0 Å². The molecule has 7 nitrogen and oxygen atoms in total. The average Bonchev–Trinajstić information content (AvgIpc) is 3.21. The highest BCUT2D eigenvalue weighted by molar-refractivity contribution is 5.99. The number of aliphatic hydroxyl groups excluding tert-OH is 1. The molecule has 1 atom stereocenters. The van der Waals surface area contributed by atoms with Gasteiger partial charge in [-0.1, -0.05) is 36.4 Å². The third-order valence-corrected chi connectivity index (χ3v) is 5.18. The maximum atomic E-state index is 12.9. The predicted octanol–water partition coefficient (Wildman–Crippen LogP) is 2.12. The second-order valence-electron chi connectivity index (χ2n) is 6.98. The molecule has 2 aromatic carbocycles. The van der Waals surface area contributed by atoms with E-state index in [0.717, 1.165) is 12.0 Å². The number of rotatable bonds is 5. The Kier molecular flexibility index (Phi) is 5.22. The van der Waals surface area contributed by atoms with Gasteiger partial charge in [0.2, 0.25) is 5.91 Å². The summed E-state index contributed by atoms with van der Waals surface area (Å²) in [5.41, 5.74) is 2.76. The molecule has 0 saturated heterocycles. The first-order chi connectivity index (χ1) is 14.1. The number of carbonyl (C=O) groups is 2. The van der Waals surface area contributed by atoms with Crippen LogP contribution in [0.2, 0.25) is 0 Å². The Morgan fingerprint density at radius 2 is 2.00 bits per heavy atom. The highest BCUT2D eigenvalue weighted by Crippen LogP contribution is 2.28. The van der Waals surface area contributed by atoms with Crippen molar-refractivity contribution in [3.8, 4) is 5.75 Å². The summed E-state index contributed by atoms with van der Waals surface area (Å²) in [4.78, 5) is 27.2. The van der Waals surface area contributed by atoms with Crippen LogP contribution >= 0.6 is 0 Å². The number of aliphatic hydroxyl groups is 1. The molecular weight excluding hydrogens is 372 g/mol. The Bertz CT molecular complexity index is 1060. The van der Waals surface area contributed by atoms with Crippen LogP contribution in [0, 0.1) is 0 Å². The molecule has 0 aliphatic carbocycles. The van der Waals surface area contributed by atoms with E-state index in [-0.39, 0.29) is 11.7 Å². The van der Waals surface area contributed by atoms with Crippen LogP contribution in [-0.2, 0) is 17.8 Å². The van der Waals surface area contributed by atoms with Gasteiger partial charge in [0, 0.05) is 18.5 Å². The topological polar surface area (TPSA) is 92.0 Å². The van der Waals surface area contributed by atoms with E-state index in [1.165, 1.54) is 12.7 Å². The van der Waals surface area contributed by atoms with E-state index in [1.54, 1.807) is 29.2 Å². The fourth-order valence-corrected chi connectivity index (χ4v) is 3.63. The summed E-state index contributed by atoms with van der Waals surface area (Å²) >= 11 is 0. The van der Waals surface area contributed by atoms with E-state index >= 15 is 0 Å². The van der Waals surface area contributed by atoms with Gasteiger partial charge in [0.05, 0.1) is 13.7 Å². The standard InChI is InChI=1S/C22H22N2O5/c1-28-18-8-4-7-15-11-19(29-20(15)18)21(26)23-17(13-25)22(27)24-10-9-14-5-2-3-6-16(14)12-24/h2-8,11,17,25H,9-10,12-13H2,1H3,(H,23,26)/t17-/m0/s1. The number of fused-ring (bicyclic) bond motifs is 2. The Morgan fingerprint density at radius 1 is 1.21 bits per heavy atom. The number of methoxy groups -OCH3 is 1. The van der Waals surface area contributed by atoms with Gasteiger partial charge in [-0.2, -0.15) is 0 Å². The van der Waals surface area contributed by atoms with Gasteiger partial charge in [-0.3, -0.25) is 9.59 Å². The Balaban J connectivity index is 1.49. The fourth-order valence-electron chi connectivity index (χ4n) is 3.63. The third kappa shape index (κ3) is 3.69. The number of ether oxygens (including phenoxy) is 1. The van der Waals surface area contributed by atoms with Gasteiger partial charge in [0.15, 0.2) is 17.1 Å². The molecule has 0 fully saturated rings. The molecule has 1 aliphatic rings. The molecule has 29 heavy (non-hydrogen) atoms. The molecule has 1 aliphatic heterocycles. The summed E-state index contributed by atoms with van der Waals surface area (Å²) < 4.78 is 10.9. The lowest BCUT2D eigenvalue weighted by molar-refractivity contribution is -0.135. The number of carbonyl (C=O) groups excluding carboxylic acids is 2. The van der Waals surface area contributed by atoms with Crippen molar-refractivity contribution < 1.29 is 23.8 Å². The Morgan fingerprint density at radius 3 is 2.76 bits per heavy atom. The minimum absolute atomic E-state index is 0.0553. The fraction of sp³-hybridized carbons (Fsp3) is 0.273. The molecule has 3 aromatic rings. The van der Waals surface area contributed by atoms with Gasteiger partial charge < -0.3 is 24.5 Å². The highest BCUT2D eigenvalue weighted by atomic mass is 16.5. The van der Waals surface area contributed by atoms with E-state index in [0.29, 0.717) is 29.8 Å². The van der Waals surface area contributed by atoms with Crippen LogP contribution in [0.4, 0.5) is 0 Å². The van der Waals surface area contributed by atoms with Crippen LogP contribution in [0.15, 0.2) is 52.9 Å². The molecule has 150 valence electrons. The molecule has 1 aromatic heterocycles. The Labute approximate surface area is 167 Å². The smallest absolute Gasteiger partial charge is 0.287 e. The first kappa shape index (κ1) is 19.0. The van der Waals surface area contributed by atoms with Crippen LogP contribution in [0.3, 0.4) is 0 Å². The van der Waals surface area contributed by atoms with Crippen molar-refractivity contribution in [2.45, 2.75) is 19.0 Å². The molecular formula is C22H22N2O5. The molecule has 4 rings (SSSR count). The predicted molar refractivity (Wildman–Crippen MR) is 107 cm³/mol. The van der Waals surface area contributed by atoms with E-state index < -0.39 is 18.6 Å². The summed E-state index contributed by atoms with van der Waals surface area (Å²) in [7, 11) is 1.52. The maximum absolute atomic E-state index is 12.9. The van der Waals surface area contributed by atoms with Gasteiger partial charge in [-0.05, 0) is 29.7 Å². The summed E-state index contributed by atoms with van der Waals surface area (Å²) in [5, 5.41) is 13.0. The third-order valence-electron chi connectivity index (χ3n) is 5.18. The van der Waals surface area contributed by atoms with Gasteiger partial charge in [0.25, 0.3) is 5.91 Å². The number of nitrogens with zero attached hydrogens (tertiary/aromatic N) is 1. The number of benzene rings is 2. The molecule has 2 N–H and O–H groups in total. The van der Waals surface area contributed by atoms with Crippen molar-refractivity contribution in [3.63, 3.8) is 0 Å². The normalized spacial score (nSPS) is 14.3. The van der Waals surface area contributed by atoms with Gasteiger partial charge in [-0.15, -0.1) is 0 Å². The lowest BCUT2D eigenvalue weighted by atomic mass is 9.99. The first-order valence-corrected chi connectivity index (χ1v) is 9.44. The van der Waals surface area contributed by atoms with Crippen molar-refractivity contribution in [1.82, 2.24) is 10.2 Å². The zero-order chi connectivity index (χ0) is 20.4. The number of para-hydroxylation sites is 1. The monoisotopic (exact) mass is 394 g/mol. The largest absolute Gasteiger partial charge is 0.493 e. The van der Waals surface area contributed by atoms with Crippen LogP contribution in [0.1, 0.15) is 21.7 Å². The zero-order valence-electron chi connectivity index (χ0n) is 16.1. The minimum Gasteiger partial charge on any atom is -0.493 e. The van der Waals surface area contributed by atoms with Gasteiger partial charge in [-0.25, -0.2) is 0 Å². The lowest BCUT2D eigenvalue weighted by Gasteiger charge is -2.31. The van der Waals surface area contributed by atoms with E-state index in [4.69, 9.17) is 9.15 Å². The van der Waals surface area contributed by atoms with E-state index in [1.807, 2.05) is 18.2 Å². The second-order valence-corrected chi connectivity index (χ2v) is 6.98. The number of hydrogen-bond acceptors (Lipinski definition) is 5. The molecule has 0 bridgehead atoms. The number of amides is 2. The van der Waals surface area contributed by atoms with E-state index in [2.05, 4.69) is 11.4 Å². The summed E-state index contributed by atoms with van der Waals surface area (Å²) in [5.74, 6) is -0.305. The molecule has 2 amide bonds. The molecule has 0 radical (unpaired) electrons. The summed E-state index contributed by atoms with van der Waals surface area (Å²) in [6.07, 6.45) is 0.747. The SMILES string of the molecule is COc1cccc2cc(C(=O)N[C@@H](CO)C(=O)N3CCc4ccccc4C3)oc12. The Hall–Kier alpha value is -3.32. The van der Waals surface area contributed by atoms with Crippen molar-refractivity contribution >= 4 is 22.8 Å². The summed E-state index contributed by atoms with van der Waals surface area (Å²) in [6.45, 7) is 0.513. The average molecular weight is 394 g/mol. The highest BCUT2D eigenvalue weighted by Gasteiger charge is 2.29. The molecule has 2 heterocycles. The van der Waals surface area contributed by atoms with Crippen molar-refractivity contribution in [2.24, 2.45) is 0 Å². The molecule has 0 unspecified atom stereocenters. The molecule has 7 heteroatoms. The number of furan rings is 1. The van der Waals surface area contributed by atoms with Crippen LogP contribution < -0.4 is 10.1 Å². The summed E-state index contributed by atoms with van der Waals surface area (Å²) in [6, 6.07) is 13.9. The molecule has 0 spiro atoms. The van der Waals surface area contributed by atoms with Crippen molar-refractivity contribution in [1.29, 1.82) is 0 Å². The van der Waals surface area contributed by atoms with Crippen molar-refractivity contribution in [3.05, 3.63) is 65.4 Å². The van der Waals surface area contributed by atoms with Gasteiger partial charge in [0.1, 0.15) is 6.04 Å². The minimum atomic E-state index is -1.04. The number of hydrogen-bond donors (Lipinski definition) is 2. The zero-order valence-corrected chi connectivity index (χ0v) is 16.1. The molecule has 0 saturated carbocycles. The maximum Gasteiger partial charge on any atom is 0.287 e. The second kappa shape index (κ2) is 7.97. The first-order valence-electron chi connectivity index (χ1n) is 9.44. The van der Waals surface area contributed by atoms with E-state index in [9.17, 15) is 14.7 Å². The van der Waals surface area contributed by atoms with Crippen LogP contribution in [0.5, 0.6) is 5.75 Å². The van der Waals surface area contributed by atoms with Crippen LogP contribution in [-0.4, -0.2) is 48.1 Å². The quantitative estimate of drug-likeness (QED) is 0.692.